The van der Waals surface area contributed by atoms with E-state index in [1.807, 2.05) is 13.8 Å². The monoisotopic (exact) mass is 300 g/mol. The molecule has 0 aromatic heterocycles. The maximum Gasteiger partial charge on any atom is 0.133 e. The maximum absolute atomic E-state index is 13.5. The number of rotatable bonds is 6. The second-order valence-electron chi connectivity index (χ2n) is 4.54. The Morgan fingerprint density at radius 1 is 1.47 bits per heavy atom. The lowest BCUT2D eigenvalue weighted by molar-refractivity contribution is -0.119. The number of ketones is 1. The summed E-state index contributed by atoms with van der Waals surface area (Å²) in [7, 11) is 0. The van der Waals surface area contributed by atoms with Crippen molar-refractivity contribution in [3.8, 4) is 0 Å². The van der Waals surface area contributed by atoms with Crippen molar-refractivity contribution in [1.29, 1.82) is 0 Å². The second kappa shape index (κ2) is 6.90. The molecule has 0 saturated carbocycles. The number of Topliss-reactive ketones (excluding diaryl/α,β-unsaturated/α-hetero) is 1. The first-order chi connectivity index (χ1) is 8.02. The van der Waals surface area contributed by atoms with Gasteiger partial charge in [0.05, 0.1) is 0 Å². The van der Waals surface area contributed by atoms with Crippen LogP contribution in [-0.4, -0.2) is 5.78 Å². The van der Waals surface area contributed by atoms with Crippen LogP contribution in [0, 0.1) is 11.7 Å². The van der Waals surface area contributed by atoms with Crippen LogP contribution in [0.3, 0.4) is 0 Å². The molecular formula is C14H18BrFO. The molecule has 0 radical (unpaired) electrons. The minimum absolute atomic E-state index is 0.192. The van der Waals surface area contributed by atoms with E-state index >= 15 is 0 Å². The first kappa shape index (κ1) is 14.4. The molecule has 1 unspecified atom stereocenters. The van der Waals surface area contributed by atoms with E-state index in [2.05, 4.69) is 15.9 Å². The highest BCUT2D eigenvalue weighted by molar-refractivity contribution is 9.10. The van der Waals surface area contributed by atoms with Gasteiger partial charge in [0.25, 0.3) is 0 Å². The number of halogens is 2. The first-order valence-corrected chi connectivity index (χ1v) is 6.77. The summed E-state index contributed by atoms with van der Waals surface area (Å²) >= 11 is 3.33. The highest BCUT2D eigenvalue weighted by Crippen LogP contribution is 2.20. The predicted molar refractivity (Wildman–Crippen MR) is 71.5 cm³/mol. The van der Waals surface area contributed by atoms with Gasteiger partial charge < -0.3 is 0 Å². The van der Waals surface area contributed by atoms with Crippen LogP contribution in [0.1, 0.15) is 38.7 Å². The van der Waals surface area contributed by atoms with Gasteiger partial charge in [-0.2, -0.15) is 0 Å². The molecule has 0 N–H and O–H groups in total. The number of carbonyl (C=O) groups excluding carboxylic acids is 1. The van der Waals surface area contributed by atoms with Crippen molar-refractivity contribution in [2.45, 2.75) is 39.5 Å². The summed E-state index contributed by atoms with van der Waals surface area (Å²) in [5.74, 6) is 0.274. The summed E-state index contributed by atoms with van der Waals surface area (Å²) in [5, 5.41) is 0. The summed E-state index contributed by atoms with van der Waals surface area (Å²) in [4.78, 5) is 11.5. The zero-order valence-electron chi connectivity index (χ0n) is 10.3. The normalized spacial score (nSPS) is 12.5. The van der Waals surface area contributed by atoms with E-state index in [0.29, 0.717) is 24.8 Å². The van der Waals surface area contributed by atoms with Crippen molar-refractivity contribution in [1.82, 2.24) is 0 Å². The van der Waals surface area contributed by atoms with Gasteiger partial charge in [-0.3, -0.25) is 4.79 Å². The molecule has 1 atom stereocenters. The molecule has 1 nitrogen and oxygen atoms in total. The highest BCUT2D eigenvalue weighted by Gasteiger charge is 2.12. The quantitative estimate of drug-likeness (QED) is 0.754. The molecule has 1 aromatic rings. The molecule has 0 aliphatic rings. The molecule has 1 aromatic carbocycles. The molecule has 0 spiro atoms. The van der Waals surface area contributed by atoms with Gasteiger partial charge in [0.2, 0.25) is 0 Å². The molecule has 0 fully saturated rings. The molecule has 0 bridgehead atoms. The highest BCUT2D eigenvalue weighted by atomic mass is 79.9. The standard InChI is InChI=1S/C14H18BrFO/c1-3-4-13(17)8-10(2)7-11-9-12(15)5-6-14(11)16/h5-6,9-10H,3-4,7-8H2,1-2H3. The summed E-state index contributed by atoms with van der Waals surface area (Å²) < 4.78 is 14.4. The van der Waals surface area contributed by atoms with Crippen LogP contribution in [0.15, 0.2) is 22.7 Å². The van der Waals surface area contributed by atoms with Gasteiger partial charge in [0.1, 0.15) is 11.6 Å². The average Bonchev–Trinajstić information content (AvgIpc) is 2.23. The van der Waals surface area contributed by atoms with Crippen molar-refractivity contribution in [2.24, 2.45) is 5.92 Å². The maximum atomic E-state index is 13.5. The van der Waals surface area contributed by atoms with Gasteiger partial charge in [-0.15, -0.1) is 0 Å². The minimum Gasteiger partial charge on any atom is -0.300 e. The Labute approximate surface area is 111 Å². The molecular weight excluding hydrogens is 283 g/mol. The van der Waals surface area contributed by atoms with Gasteiger partial charge in [0.15, 0.2) is 0 Å². The van der Waals surface area contributed by atoms with Crippen LogP contribution < -0.4 is 0 Å². The molecule has 0 saturated heterocycles. The van der Waals surface area contributed by atoms with Gasteiger partial charge in [0, 0.05) is 17.3 Å². The third-order valence-corrected chi connectivity index (χ3v) is 3.17. The summed E-state index contributed by atoms with van der Waals surface area (Å²) in [6.07, 6.45) is 2.67. The molecule has 0 aliphatic heterocycles. The Hall–Kier alpha value is -0.700. The Morgan fingerprint density at radius 3 is 2.82 bits per heavy atom. The lowest BCUT2D eigenvalue weighted by Crippen LogP contribution is -2.08. The number of hydrogen-bond acceptors (Lipinski definition) is 1. The lowest BCUT2D eigenvalue weighted by Gasteiger charge is -2.11. The van der Waals surface area contributed by atoms with Crippen molar-refractivity contribution in [2.75, 3.05) is 0 Å². The fourth-order valence-corrected chi connectivity index (χ4v) is 2.33. The molecule has 0 amide bonds. The second-order valence-corrected chi connectivity index (χ2v) is 5.45. The SMILES string of the molecule is CCCC(=O)CC(C)Cc1cc(Br)ccc1F. The average molecular weight is 301 g/mol. The summed E-state index contributed by atoms with van der Waals surface area (Å²) in [5.41, 5.74) is 0.677. The van der Waals surface area contributed by atoms with Gasteiger partial charge in [-0.1, -0.05) is 29.8 Å². The number of carbonyl (C=O) groups is 1. The molecule has 1 rings (SSSR count). The smallest absolute Gasteiger partial charge is 0.133 e. The fourth-order valence-electron chi connectivity index (χ4n) is 1.92. The van der Waals surface area contributed by atoms with E-state index in [9.17, 15) is 9.18 Å². The Balaban J connectivity index is 2.58. The summed E-state index contributed by atoms with van der Waals surface area (Å²) in [6.45, 7) is 3.99. The van der Waals surface area contributed by atoms with E-state index in [1.54, 1.807) is 12.1 Å². The zero-order valence-corrected chi connectivity index (χ0v) is 11.9. The van der Waals surface area contributed by atoms with Crippen LogP contribution >= 0.6 is 15.9 Å². The van der Waals surface area contributed by atoms with Crippen molar-refractivity contribution in [3.63, 3.8) is 0 Å². The Kier molecular flexibility index (Phi) is 5.83. The van der Waals surface area contributed by atoms with E-state index in [0.717, 1.165) is 10.9 Å². The largest absolute Gasteiger partial charge is 0.300 e. The first-order valence-electron chi connectivity index (χ1n) is 5.98. The lowest BCUT2D eigenvalue weighted by atomic mass is 9.94. The predicted octanol–water partition coefficient (Wildman–Crippen LogP) is 4.53. The zero-order chi connectivity index (χ0) is 12.8. The fraction of sp³-hybridized carbons (Fsp3) is 0.500. The van der Waals surface area contributed by atoms with Crippen LogP contribution in [0.25, 0.3) is 0 Å². The van der Waals surface area contributed by atoms with Gasteiger partial charge >= 0.3 is 0 Å². The van der Waals surface area contributed by atoms with E-state index in [1.165, 1.54) is 6.07 Å². The van der Waals surface area contributed by atoms with Gasteiger partial charge in [-0.05, 0) is 42.5 Å². The Morgan fingerprint density at radius 2 is 2.18 bits per heavy atom. The molecule has 94 valence electrons. The third-order valence-electron chi connectivity index (χ3n) is 2.68. The molecule has 0 heterocycles. The van der Waals surface area contributed by atoms with Crippen LogP contribution in [0.4, 0.5) is 4.39 Å². The van der Waals surface area contributed by atoms with E-state index in [-0.39, 0.29) is 17.5 Å². The van der Waals surface area contributed by atoms with Crippen LogP contribution in [0.2, 0.25) is 0 Å². The van der Waals surface area contributed by atoms with Crippen molar-refractivity contribution >= 4 is 21.7 Å². The minimum atomic E-state index is -0.192. The van der Waals surface area contributed by atoms with Gasteiger partial charge in [-0.25, -0.2) is 4.39 Å². The number of benzene rings is 1. The van der Waals surface area contributed by atoms with E-state index in [4.69, 9.17) is 0 Å². The molecule has 3 heteroatoms. The van der Waals surface area contributed by atoms with Crippen LogP contribution in [-0.2, 0) is 11.2 Å². The molecule has 0 aliphatic carbocycles. The topological polar surface area (TPSA) is 17.1 Å². The van der Waals surface area contributed by atoms with Crippen molar-refractivity contribution < 1.29 is 9.18 Å². The number of hydrogen-bond donors (Lipinski definition) is 0. The van der Waals surface area contributed by atoms with Crippen molar-refractivity contribution in [3.05, 3.63) is 34.1 Å². The summed E-state index contributed by atoms with van der Waals surface area (Å²) in [6, 6.07) is 4.93. The Bertz CT molecular complexity index is 390. The van der Waals surface area contributed by atoms with E-state index < -0.39 is 0 Å². The third kappa shape index (κ3) is 4.99. The molecule has 17 heavy (non-hydrogen) atoms. The van der Waals surface area contributed by atoms with Crippen LogP contribution in [0.5, 0.6) is 0 Å².